The van der Waals surface area contributed by atoms with Gasteiger partial charge in [0.2, 0.25) is 0 Å². The van der Waals surface area contributed by atoms with Gasteiger partial charge in [-0.2, -0.15) is 15.6 Å². The summed E-state index contributed by atoms with van der Waals surface area (Å²) in [4.78, 5) is 5.50. The molecule has 1 aromatic rings. The second-order valence-electron chi connectivity index (χ2n) is 3.93. The second kappa shape index (κ2) is 5.45. The van der Waals surface area contributed by atoms with Crippen LogP contribution in [0, 0.1) is 22.7 Å². The number of hydrogen-bond acceptors (Lipinski definition) is 4. The third-order valence-electron chi connectivity index (χ3n) is 2.82. The molecule has 2 atom stereocenters. The van der Waals surface area contributed by atoms with Crippen LogP contribution in [0.3, 0.4) is 0 Å². The van der Waals surface area contributed by atoms with Crippen LogP contribution in [-0.2, 0) is 4.84 Å². The molecule has 1 fully saturated rings. The average Bonchev–Trinajstić information content (AvgIpc) is 2.80. The van der Waals surface area contributed by atoms with E-state index in [9.17, 15) is 0 Å². The summed E-state index contributed by atoms with van der Waals surface area (Å²) in [6, 6.07) is 14.2. The first-order valence-electron chi connectivity index (χ1n) is 5.60. The van der Waals surface area contributed by atoms with Gasteiger partial charge in [0.25, 0.3) is 0 Å². The molecule has 0 aromatic heterocycles. The second-order valence-corrected chi connectivity index (χ2v) is 3.93. The van der Waals surface area contributed by atoms with Crippen LogP contribution in [0.4, 0.5) is 0 Å². The first-order chi connectivity index (χ1) is 8.35. The molecule has 17 heavy (non-hydrogen) atoms. The maximum atomic E-state index is 8.91. The third kappa shape index (κ3) is 2.62. The van der Waals surface area contributed by atoms with E-state index in [1.54, 1.807) is 5.06 Å². The highest BCUT2D eigenvalue weighted by Crippen LogP contribution is 2.33. The van der Waals surface area contributed by atoms with Gasteiger partial charge >= 0.3 is 0 Å². The van der Waals surface area contributed by atoms with Crippen LogP contribution in [0.5, 0.6) is 0 Å². The van der Waals surface area contributed by atoms with Crippen LogP contribution in [-0.4, -0.2) is 17.7 Å². The van der Waals surface area contributed by atoms with Gasteiger partial charge in [-0.1, -0.05) is 30.3 Å². The summed E-state index contributed by atoms with van der Waals surface area (Å²) in [6.45, 7) is 0.536. The van der Waals surface area contributed by atoms with Crippen molar-refractivity contribution < 1.29 is 4.84 Å². The van der Waals surface area contributed by atoms with E-state index in [0.717, 1.165) is 5.56 Å². The Morgan fingerprint density at radius 1 is 1.29 bits per heavy atom. The summed E-state index contributed by atoms with van der Waals surface area (Å²) in [5.41, 5.74) is 1.13. The van der Waals surface area contributed by atoms with Crippen molar-refractivity contribution in [3.63, 3.8) is 0 Å². The molecular formula is C13H13N3O. The van der Waals surface area contributed by atoms with Crippen molar-refractivity contribution in [3.8, 4) is 12.1 Å². The predicted octanol–water partition coefficient (Wildman–Crippen LogP) is 2.17. The normalized spacial score (nSPS) is 24.1. The lowest BCUT2D eigenvalue weighted by molar-refractivity contribution is -0.148. The molecule has 0 amide bonds. The lowest BCUT2D eigenvalue weighted by Crippen LogP contribution is -2.23. The SMILES string of the molecule is N#CCCN1O[C@H](C#N)C[C@@H]1c1ccccc1. The summed E-state index contributed by atoms with van der Waals surface area (Å²) in [6.07, 6.45) is 0.659. The van der Waals surface area contributed by atoms with Gasteiger partial charge in [0.15, 0.2) is 6.10 Å². The van der Waals surface area contributed by atoms with Gasteiger partial charge in [-0.3, -0.25) is 4.84 Å². The van der Waals surface area contributed by atoms with Gasteiger partial charge < -0.3 is 0 Å². The van der Waals surface area contributed by atoms with E-state index in [1.165, 1.54) is 0 Å². The maximum absolute atomic E-state index is 8.91. The van der Waals surface area contributed by atoms with Gasteiger partial charge in [0, 0.05) is 13.0 Å². The number of hydrogen-bond donors (Lipinski definition) is 0. The van der Waals surface area contributed by atoms with Crippen molar-refractivity contribution in [1.82, 2.24) is 5.06 Å². The molecule has 86 valence electrons. The quantitative estimate of drug-likeness (QED) is 0.794. The number of benzene rings is 1. The molecule has 0 unspecified atom stereocenters. The summed E-state index contributed by atoms with van der Waals surface area (Å²) in [7, 11) is 0. The fourth-order valence-electron chi connectivity index (χ4n) is 2.02. The van der Waals surface area contributed by atoms with E-state index in [1.807, 2.05) is 30.3 Å². The van der Waals surface area contributed by atoms with Gasteiger partial charge in [0.05, 0.1) is 24.6 Å². The smallest absolute Gasteiger partial charge is 0.167 e. The molecule has 0 bridgehead atoms. The summed E-state index contributed by atoms with van der Waals surface area (Å²) >= 11 is 0. The largest absolute Gasteiger partial charge is 0.280 e. The Bertz CT molecular complexity index is 446. The van der Waals surface area contributed by atoms with E-state index in [-0.39, 0.29) is 6.04 Å². The van der Waals surface area contributed by atoms with Crippen molar-refractivity contribution in [3.05, 3.63) is 35.9 Å². The molecule has 1 aliphatic rings. The van der Waals surface area contributed by atoms with Crippen LogP contribution < -0.4 is 0 Å². The fraction of sp³-hybridized carbons (Fsp3) is 0.385. The van der Waals surface area contributed by atoms with Crippen molar-refractivity contribution >= 4 is 0 Å². The van der Waals surface area contributed by atoms with Gasteiger partial charge in [0.1, 0.15) is 0 Å². The van der Waals surface area contributed by atoms with Crippen LogP contribution in [0.25, 0.3) is 0 Å². The molecule has 0 saturated carbocycles. The zero-order chi connectivity index (χ0) is 12.1. The molecule has 0 N–H and O–H groups in total. The van der Waals surface area contributed by atoms with E-state index >= 15 is 0 Å². The van der Waals surface area contributed by atoms with Gasteiger partial charge in [-0.05, 0) is 5.56 Å². The molecule has 0 aliphatic carbocycles. The zero-order valence-electron chi connectivity index (χ0n) is 9.41. The van der Waals surface area contributed by atoms with E-state index in [2.05, 4.69) is 12.1 Å². The Morgan fingerprint density at radius 2 is 2.06 bits per heavy atom. The Morgan fingerprint density at radius 3 is 2.71 bits per heavy atom. The molecule has 0 radical (unpaired) electrons. The Labute approximate surface area is 101 Å². The standard InChI is InChI=1S/C13H13N3O/c14-7-4-8-16-13(9-12(10-15)17-16)11-5-2-1-3-6-11/h1-3,5-6,12-13H,4,8-9H2/t12-,13+/m0/s1. The Kier molecular flexibility index (Phi) is 3.72. The highest BCUT2D eigenvalue weighted by Gasteiger charge is 2.33. The molecule has 1 aliphatic heterocycles. The minimum atomic E-state index is -0.404. The monoisotopic (exact) mass is 227 g/mol. The van der Waals surface area contributed by atoms with Crippen molar-refractivity contribution in [1.29, 1.82) is 10.5 Å². The van der Waals surface area contributed by atoms with Crippen molar-refractivity contribution in [2.45, 2.75) is 25.0 Å². The lowest BCUT2D eigenvalue weighted by Gasteiger charge is -2.21. The average molecular weight is 227 g/mol. The number of nitrogens with zero attached hydrogens (tertiary/aromatic N) is 3. The van der Waals surface area contributed by atoms with Crippen molar-refractivity contribution in [2.75, 3.05) is 6.54 Å². The van der Waals surface area contributed by atoms with Crippen LogP contribution in [0.15, 0.2) is 30.3 Å². The Hall–Kier alpha value is -1.88. The zero-order valence-corrected chi connectivity index (χ0v) is 9.41. The molecule has 1 saturated heterocycles. The molecule has 4 heteroatoms. The van der Waals surface area contributed by atoms with Gasteiger partial charge in [-0.15, -0.1) is 0 Å². The van der Waals surface area contributed by atoms with E-state index in [0.29, 0.717) is 19.4 Å². The lowest BCUT2D eigenvalue weighted by atomic mass is 10.0. The first-order valence-corrected chi connectivity index (χ1v) is 5.60. The highest BCUT2D eigenvalue weighted by atomic mass is 16.7. The van der Waals surface area contributed by atoms with Crippen LogP contribution in [0.2, 0.25) is 0 Å². The summed E-state index contributed by atoms with van der Waals surface area (Å²) < 4.78 is 0. The predicted molar refractivity (Wildman–Crippen MR) is 61.2 cm³/mol. The van der Waals surface area contributed by atoms with Crippen molar-refractivity contribution in [2.24, 2.45) is 0 Å². The Balaban J connectivity index is 2.14. The first kappa shape index (κ1) is 11.6. The number of hydroxylamine groups is 2. The minimum Gasteiger partial charge on any atom is -0.280 e. The third-order valence-corrected chi connectivity index (χ3v) is 2.82. The maximum Gasteiger partial charge on any atom is 0.167 e. The molecule has 1 heterocycles. The number of rotatable bonds is 3. The van der Waals surface area contributed by atoms with E-state index in [4.69, 9.17) is 15.4 Å². The topological polar surface area (TPSA) is 60.1 Å². The summed E-state index contributed by atoms with van der Waals surface area (Å²) in [5.74, 6) is 0. The molecule has 4 nitrogen and oxygen atoms in total. The molecule has 2 rings (SSSR count). The molecular weight excluding hydrogens is 214 g/mol. The fourth-order valence-corrected chi connectivity index (χ4v) is 2.02. The van der Waals surface area contributed by atoms with Crippen LogP contribution >= 0.6 is 0 Å². The van der Waals surface area contributed by atoms with Crippen LogP contribution in [0.1, 0.15) is 24.4 Å². The van der Waals surface area contributed by atoms with E-state index < -0.39 is 6.10 Å². The number of nitriles is 2. The van der Waals surface area contributed by atoms with Gasteiger partial charge in [-0.25, -0.2) is 0 Å². The minimum absolute atomic E-state index is 0.0780. The molecule has 0 spiro atoms. The molecule has 1 aromatic carbocycles. The highest BCUT2D eigenvalue weighted by molar-refractivity contribution is 5.20. The summed E-state index contributed by atoms with van der Waals surface area (Å²) in [5, 5.41) is 19.3.